The van der Waals surface area contributed by atoms with Crippen LogP contribution < -0.4 is 15.0 Å². The Bertz CT molecular complexity index is 1120. The van der Waals surface area contributed by atoms with Crippen LogP contribution >= 0.6 is 0 Å². The van der Waals surface area contributed by atoms with Crippen molar-refractivity contribution in [1.82, 2.24) is 0 Å². The molecule has 32 heavy (non-hydrogen) atoms. The van der Waals surface area contributed by atoms with E-state index in [1.807, 2.05) is 49.4 Å². The number of amides is 2. The van der Waals surface area contributed by atoms with Gasteiger partial charge >= 0.3 is 0 Å². The van der Waals surface area contributed by atoms with Gasteiger partial charge in [-0.05, 0) is 60.9 Å². The molecule has 0 aliphatic carbocycles. The van der Waals surface area contributed by atoms with E-state index >= 15 is 0 Å². The van der Waals surface area contributed by atoms with Crippen LogP contribution in [0.5, 0.6) is 5.75 Å². The van der Waals surface area contributed by atoms with Gasteiger partial charge in [-0.1, -0.05) is 36.4 Å². The van der Waals surface area contributed by atoms with E-state index in [0.717, 1.165) is 11.1 Å². The molecule has 1 saturated heterocycles. The van der Waals surface area contributed by atoms with E-state index < -0.39 is 17.8 Å². The maximum atomic E-state index is 13.8. The zero-order valence-electron chi connectivity index (χ0n) is 18.0. The largest absolute Gasteiger partial charge is 0.497 e. The number of piperidine rings is 1. The van der Waals surface area contributed by atoms with Gasteiger partial charge in [-0.3, -0.25) is 9.59 Å². The van der Waals surface area contributed by atoms with E-state index in [1.165, 1.54) is 12.1 Å². The Hall–Kier alpha value is -3.67. The molecule has 4 rings (SSSR count). The Balaban J connectivity index is 1.72. The molecule has 1 aliphatic rings. The summed E-state index contributed by atoms with van der Waals surface area (Å²) in [6.07, 6.45) is 0.654. The number of benzene rings is 3. The van der Waals surface area contributed by atoms with Crippen molar-refractivity contribution in [3.63, 3.8) is 0 Å². The number of ether oxygens (including phenoxy) is 1. The van der Waals surface area contributed by atoms with Crippen LogP contribution in [0.1, 0.15) is 30.0 Å². The molecular formula is C26H25FN2O3. The van der Waals surface area contributed by atoms with Crippen molar-refractivity contribution >= 4 is 23.2 Å². The van der Waals surface area contributed by atoms with Crippen molar-refractivity contribution < 1.29 is 18.7 Å². The van der Waals surface area contributed by atoms with E-state index in [1.54, 1.807) is 30.2 Å². The van der Waals surface area contributed by atoms with Crippen molar-refractivity contribution in [3.05, 3.63) is 89.7 Å². The molecule has 0 aromatic heterocycles. The molecule has 1 N–H and O–H groups in total. The maximum absolute atomic E-state index is 13.8. The molecule has 1 heterocycles. The fraction of sp³-hybridized carbons (Fsp3) is 0.231. The molecule has 164 valence electrons. The predicted molar refractivity (Wildman–Crippen MR) is 122 cm³/mol. The van der Waals surface area contributed by atoms with Gasteiger partial charge in [0.25, 0.3) is 0 Å². The number of nitrogens with one attached hydrogen (secondary N) is 1. The molecule has 3 aromatic carbocycles. The zero-order chi connectivity index (χ0) is 22.7. The van der Waals surface area contributed by atoms with E-state index in [2.05, 4.69) is 5.32 Å². The Labute approximate surface area is 186 Å². The Morgan fingerprint density at radius 2 is 1.78 bits per heavy atom. The van der Waals surface area contributed by atoms with Crippen molar-refractivity contribution in [2.75, 3.05) is 17.3 Å². The summed E-state index contributed by atoms with van der Waals surface area (Å²) in [6, 6.07) is 20.6. The first kappa shape index (κ1) is 21.6. The number of rotatable bonds is 5. The smallest absolute Gasteiger partial charge is 0.229 e. The van der Waals surface area contributed by atoms with E-state index in [0.29, 0.717) is 23.5 Å². The second-order valence-corrected chi connectivity index (χ2v) is 7.91. The topological polar surface area (TPSA) is 58.6 Å². The molecular weight excluding hydrogens is 407 g/mol. The number of methoxy groups -OCH3 is 1. The molecule has 0 unspecified atom stereocenters. The molecule has 0 saturated carbocycles. The van der Waals surface area contributed by atoms with Crippen LogP contribution in [0.3, 0.4) is 0 Å². The second kappa shape index (κ2) is 9.22. The van der Waals surface area contributed by atoms with Gasteiger partial charge in [-0.25, -0.2) is 4.39 Å². The molecule has 6 heteroatoms. The Morgan fingerprint density at radius 1 is 1.06 bits per heavy atom. The number of hydrogen-bond acceptors (Lipinski definition) is 3. The SMILES string of the molecule is COc1ccc(N2C(=O)CC[C@H](C(=O)Nc3cc(F)ccc3C)[C@@H]2c2ccccc2)cc1. The third-order valence-electron chi connectivity index (χ3n) is 5.88. The van der Waals surface area contributed by atoms with Gasteiger partial charge in [0, 0.05) is 17.8 Å². The summed E-state index contributed by atoms with van der Waals surface area (Å²) in [5.74, 6) is -0.511. The first-order valence-corrected chi connectivity index (χ1v) is 10.6. The zero-order valence-corrected chi connectivity index (χ0v) is 18.0. The average molecular weight is 432 g/mol. The normalized spacial score (nSPS) is 18.3. The minimum Gasteiger partial charge on any atom is -0.497 e. The predicted octanol–water partition coefficient (Wildman–Crippen LogP) is 5.27. The van der Waals surface area contributed by atoms with Gasteiger partial charge in [0.15, 0.2) is 0 Å². The number of carbonyl (C=O) groups is 2. The second-order valence-electron chi connectivity index (χ2n) is 7.91. The lowest BCUT2D eigenvalue weighted by atomic mass is 9.83. The molecule has 2 amide bonds. The third-order valence-corrected chi connectivity index (χ3v) is 5.88. The molecule has 3 aromatic rings. The van der Waals surface area contributed by atoms with Crippen LogP contribution in [0.2, 0.25) is 0 Å². The summed E-state index contributed by atoms with van der Waals surface area (Å²) in [7, 11) is 1.59. The summed E-state index contributed by atoms with van der Waals surface area (Å²) < 4.78 is 19.0. The lowest BCUT2D eigenvalue weighted by Gasteiger charge is -2.41. The van der Waals surface area contributed by atoms with Gasteiger partial charge in [0.1, 0.15) is 11.6 Å². The van der Waals surface area contributed by atoms with Gasteiger partial charge in [-0.2, -0.15) is 0 Å². The van der Waals surface area contributed by atoms with Gasteiger partial charge in [-0.15, -0.1) is 0 Å². The number of anilines is 2. The van der Waals surface area contributed by atoms with E-state index in [-0.39, 0.29) is 18.2 Å². The molecule has 1 fully saturated rings. The number of aryl methyl sites for hydroxylation is 1. The first-order chi connectivity index (χ1) is 15.5. The average Bonchev–Trinajstić information content (AvgIpc) is 2.82. The van der Waals surface area contributed by atoms with E-state index in [4.69, 9.17) is 4.74 Å². The highest BCUT2D eigenvalue weighted by Gasteiger charge is 2.41. The summed E-state index contributed by atoms with van der Waals surface area (Å²) in [4.78, 5) is 28.2. The fourth-order valence-corrected chi connectivity index (χ4v) is 4.20. The fourth-order valence-electron chi connectivity index (χ4n) is 4.20. The Morgan fingerprint density at radius 3 is 2.47 bits per heavy atom. The molecule has 0 radical (unpaired) electrons. The van der Waals surface area contributed by atoms with Crippen LogP contribution in [-0.4, -0.2) is 18.9 Å². The maximum Gasteiger partial charge on any atom is 0.229 e. The lowest BCUT2D eigenvalue weighted by Crippen LogP contribution is -2.47. The van der Waals surface area contributed by atoms with Crippen LogP contribution in [0.4, 0.5) is 15.8 Å². The van der Waals surface area contributed by atoms with Crippen molar-refractivity contribution in [2.24, 2.45) is 5.92 Å². The summed E-state index contributed by atoms with van der Waals surface area (Å²) in [5.41, 5.74) is 2.78. The lowest BCUT2D eigenvalue weighted by molar-refractivity contribution is -0.125. The minimum atomic E-state index is -0.500. The van der Waals surface area contributed by atoms with Gasteiger partial charge < -0.3 is 15.0 Å². The molecule has 0 bridgehead atoms. The minimum absolute atomic E-state index is 0.0463. The standard InChI is InChI=1S/C26H25FN2O3/c1-17-8-9-19(27)16-23(17)28-26(31)22-14-15-24(30)29(20-10-12-21(32-2)13-11-20)25(22)18-6-4-3-5-7-18/h3-13,16,22,25H,14-15H2,1-2H3,(H,28,31)/t22-,25-/m0/s1. The van der Waals surface area contributed by atoms with Gasteiger partial charge in [0.05, 0.1) is 19.1 Å². The molecule has 1 aliphatic heterocycles. The van der Waals surface area contributed by atoms with Crippen LogP contribution in [0.25, 0.3) is 0 Å². The van der Waals surface area contributed by atoms with Crippen LogP contribution in [-0.2, 0) is 9.59 Å². The van der Waals surface area contributed by atoms with Crippen molar-refractivity contribution in [2.45, 2.75) is 25.8 Å². The molecule has 2 atom stereocenters. The first-order valence-electron chi connectivity index (χ1n) is 10.6. The highest BCUT2D eigenvalue weighted by atomic mass is 19.1. The van der Waals surface area contributed by atoms with E-state index in [9.17, 15) is 14.0 Å². The number of hydrogen-bond donors (Lipinski definition) is 1. The van der Waals surface area contributed by atoms with Crippen LogP contribution in [0.15, 0.2) is 72.8 Å². The Kier molecular flexibility index (Phi) is 6.21. The van der Waals surface area contributed by atoms with Crippen molar-refractivity contribution in [3.8, 4) is 5.75 Å². The van der Waals surface area contributed by atoms with Crippen molar-refractivity contribution in [1.29, 1.82) is 0 Å². The van der Waals surface area contributed by atoms with Gasteiger partial charge in [0.2, 0.25) is 11.8 Å². The quantitative estimate of drug-likeness (QED) is 0.598. The number of nitrogens with zero attached hydrogens (tertiary/aromatic N) is 1. The summed E-state index contributed by atoms with van der Waals surface area (Å²) in [5, 5.41) is 2.89. The number of halogens is 1. The highest BCUT2D eigenvalue weighted by Crippen LogP contribution is 2.41. The summed E-state index contributed by atoms with van der Waals surface area (Å²) >= 11 is 0. The third kappa shape index (κ3) is 4.35. The summed E-state index contributed by atoms with van der Waals surface area (Å²) in [6.45, 7) is 1.82. The number of carbonyl (C=O) groups excluding carboxylic acids is 2. The van der Waals surface area contributed by atoms with Crippen LogP contribution in [0, 0.1) is 18.7 Å². The molecule has 0 spiro atoms. The monoisotopic (exact) mass is 432 g/mol. The highest BCUT2D eigenvalue weighted by molar-refractivity contribution is 6.00. The molecule has 5 nitrogen and oxygen atoms in total.